The van der Waals surface area contributed by atoms with Crippen LogP contribution in [0.3, 0.4) is 0 Å². The maximum absolute atomic E-state index is 12.4. The Morgan fingerprint density at radius 1 is 1.45 bits per heavy atom. The van der Waals surface area contributed by atoms with Crippen LogP contribution in [0, 0.1) is 0 Å². The first-order valence-electron chi connectivity index (χ1n) is 6.17. The van der Waals surface area contributed by atoms with Crippen molar-refractivity contribution in [1.29, 1.82) is 0 Å². The lowest BCUT2D eigenvalue weighted by Crippen LogP contribution is -2.36. The molecule has 7 heteroatoms. The number of hydrogen-bond donors (Lipinski definition) is 1. The van der Waals surface area contributed by atoms with Gasteiger partial charge in [0.1, 0.15) is 4.90 Å². The van der Waals surface area contributed by atoms with Crippen LogP contribution in [0.25, 0.3) is 6.08 Å². The molecule has 1 aromatic rings. The standard InChI is InChI=1S/C13H18N2O4S/c1-4-15(10(2)3)20(18,19)12-7-11(8-14-9-12)5-6-13(16)17/h5-10H,4H2,1-3H3,(H,16,17). The zero-order valence-electron chi connectivity index (χ0n) is 11.6. The molecule has 0 atom stereocenters. The molecule has 0 saturated carbocycles. The first-order chi connectivity index (χ1) is 9.28. The van der Waals surface area contributed by atoms with Crippen molar-refractivity contribution in [2.24, 2.45) is 0 Å². The average molecular weight is 298 g/mol. The minimum atomic E-state index is -3.62. The van der Waals surface area contributed by atoms with E-state index in [1.165, 1.54) is 28.8 Å². The molecule has 0 saturated heterocycles. The lowest BCUT2D eigenvalue weighted by atomic mass is 10.2. The van der Waals surface area contributed by atoms with Crippen LogP contribution >= 0.6 is 0 Å². The Balaban J connectivity index is 3.20. The van der Waals surface area contributed by atoms with Crippen LogP contribution < -0.4 is 0 Å². The number of aromatic nitrogens is 1. The fourth-order valence-electron chi connectivity index (χ4n) is 1.78. The van der Waals surface area contributed by atoms with Crippen molar-refractivity contribution in [2.45, 2.75) is 31.7 Å². The highest BCUT2D eigenvalue weighted by molar-refractivity contribution is 7.89. The van der Waals surface area contributed by atoms with Crippen molar-refractivity contribution in [3.63, 3.8) is 0 Å². The molecule has 1 aromatic heterocycles. The fraction of sp³-hybridized carbons (Fsp3) is 0.385. The Bertz CT molecular complexity index is 609. The van der Waals surface area contributed by atoms with Gasteiger partial charge in [-0.2, -0.15) is 4.31 Å². The van der Waals surface area contributed by atoms with Gasteiger partial charge in [0.15, 0.2) is 0 Å². The Hall–Kier alpha value is -1.73. The smallest absolute Gasteiger partial charge is 0.328 e. The van der Waals surface area contributed by atoms with Crippen molar-refractivity contribution in [2.75, 3.05) is 6.54 Å². The minimum Gasteiger partial charge on any atom is -0.478 e. The molecule has 0 unspecified atom stereocenters. The number of pyridine rings is 1. The first kappa shape index (κ1) is 16.3. The number of carboxylic acids is 1. The lowest BCUT2D eigenvalue weighted by molar-refractivity contribution is -0.131. The molecule has 20 heavy (non-hydrogen) atoms. The molecule has 1 rings (SSSR count). The van der Waals surface area contributed by atoms with Gasteiger partial charge < -0.3 is 5.11 Å². The third kappa shape index (κ3) is 3.88. The zero-order chi connectivity index (χ0) is 15.3. The van der Waals surface area contributed by atoms with Crippen molar-refractivity contribution in [3.8, 4) is 0 Å². The highest BCUT2D eigenvalue weighted by Crippen LogP contribution is 2.18. The number of carboxylic acid groups (broad SMARTS) is 1. The maximum Gasteiger partial charge on any atom is 0.328 e. The van der Waals surface area contributed by atoms with Crippen LogP contribution in [0.15, 0.2) is 29.4 Å². The van der Waals surface area contributed by atoms with Gasteiger partial charge in [0.05, 0.1) is 0 Å². The summed E-state index contributed by atoms with van der Waals surface area (Å²) in [5.74, 6) is -1.10. The number of hydrogen-bond acceptors (Lipinski definition) is 4. The van der Waals surface area contributed by atoms with Gasteiger partial charge in [-0.05, 0) is 31.6 Å². The summed E-state index contributed by atoms with van der Waals surface area (Å²) in [4.78, 5) is 14.4. The molecule has 0 spiro atoms. The van der Waals surface area contributed by atoms with Gasteiger partial charge in [0.2, 0.25) is 10.0 Å². The summed E-state index contributed by atoms with van der Waals surface area (Å²) in [6.07, 6.45) is 4.91. The maximum atomic E-state index is 12.4. The SMILES string of the molecule is CCN(C(C)C)S(=O)(=O)c1cncc(C=CC(=O)O)c1. The van der Waals surface area contributed by atoms with E-state index in [0.717, 1.165) is 6.08 Å². The first-order valence-corrected chi connectivity index (χ1v) is 7.61. The minimum absolute atomic E-state index is 0.0561. The van der Waals surface area contributed by atoms with Gasteiger partial charge in [0, 0.05) is 31.1 Å². The molecule has 0 aliphatic heterocycles. The van der Waals surface area contributed by atoms with Crippen LogP contribution in [-0.2, 0) is 14.8 Å². The van der Waals surface area contributed by atoms with Crippen molar-refractivity contribution < 1.29 is 18.3 Å². The Morgan fingerprint density at radius 3 is 2.60 bits per heavy atom. The molecule has 0 aliphatic carbocycles. The summed E-state index contributed by atoms with van der Waals surface area (Å²) in [6.45, 7) is 5.71. The zero-order valence-corrected chi connectivity index (χ0v) is 12.5. The van der Waals surface area contributed by atoms with E-state index in [1.54, 1.807) is 20.8 Å². The Kier molecular flexibility index (Phi) is 5.41. The van der Waals surface area contributed by atoms with E-state index in [9.17, 15) is 13.2 Å². The monoisotopic (exact) mass is 298 g/mol. The molecular weight excluding hydrogens is 280 g/mol. The second kappa shape index (κ2) is 6.62. The van der Waals surface area contributed by atoms with Crippen molar-refractivity contribution in [1.82, 2.24) is 9.29 Å². The molecule has 6 nitrogen and oxygen atoms in total. The predicted octanol–water partition coefficient (Wildman–Crippen LogP) is 1.60. The van der Waals surface area contributed by atoms with E-state index >= 15 is 0 Å². The van der Waals surface area contributed by atoms with Crippen LogP contribution in [-0.4, -0.2) is 41.4 Å². The lowest BCUT2D eigenvalue weighted by Gasteiger charge is -2.24. The molecule has 0 fully saturated rings. The van der Waals surface area contributed by atoms with Gasteiger partial charge in [-0.25, -0.2) is 13.2 Å². The second-order valence-electron chi connectivity index (χ2n) is 4.43. The molecule has 110 valence electrons. The number of carbonyl (C=O) groups is 1. The predicted molar refractivity (Wildman–Crippen MR) is 75.6 cm³/mol. The van der Waals surface area contributed by atoms with E-state index < -0.39 is 16.0 Å². The number of rotatable bonds is 6. The summed E-state index contributed by atoms with van der Waals surface area (Å²) in [6, 6.07) is 1.25. The molecule has 1 N–H and O–H groups in total. The van der Waals surface area contributed by atoms with Crippen molar-refractivity contribution >= 4 is 22.1 Å². The fourth-order valence-corrected chi connectivity index (χ4v) is 3.43. The largest absolute Gasteiger partial charge is 0.478 e. The van der Waals surface area contributed by atoms with Crippen molar-refractivity contribution in [3.05, 3.63) is 30.1 Å². The molecule has 0 bridgehead atoms. The highest BCUT2D eigenvalue weighted by Gasteiger charge is 2.25. The van der Waals surface area contributed by atoms with Gasteiger partial charge >= 0.3 is 5.97 Å². The second-order valence-corrected chi connectivity index (χ2v) is 6.32. The topological polar surface area (TPSA) is 87.6 Å². The van der Waals surface area contributed by atoms with Crippen LogP contribution in [0.1, 0.15) is 26.3 Å². The molecule has 1 heterocycles. The van der Waals surface area contributed by atoms with Gasteiger partial charge in [-0.1, -0.05) is 6.92 Å². The third-order valence-corrected chi connectivity index (χ3v) is 4.76. The quantitative estimate of drug-likeness (QED) is 0.806. The number of aliphatic carboxylic acids is 1. The summed E-state index contributed by atoms with van der Waals surface area (Å²) in [5.41, 5.74) is 0.424. The molecule has 0 aliphatic rings. The van der Waals surface area contributed by atoms with Gasteiger partial charge in [-0.15, -0.1) is 0 Å². The summed E-state index contributed by atoms with van der Waals surface area (Å²) in [7, 11) is -3.62. The summed E-state index contributed by atoms with van der Waals surface area (Å²) >= 11 is 0. The molecule has 0 aromatic carbocycles. The van der Waals surface area contributed by atoms with Gasteiger partial charge in [0.25, 0.3) is 0 Å². The van der Waals surface area contributed by atoms with Crippen LogP contribution in [0.5, 0.6) is 0 Å². The highest BCUT2D eigenvalue weighted by atomic mass is 32.2. The van der Waals surface area contributed by atoms with Crippen LogP contribution in [0.4, 0.5) is 0 Å². The normalized spacial score (nSPS) is 12.4. The molecule has 0 radical (unpaired) electrons. The summed E-state index contributed by atoms with van der Waals surface area (Å²) in [5, 5.41) is 8.57. The van der Waals surface area contributed by atoms with E-state index in [-0.39, 0.29) is 10.9 Å². The van der Waals surface area contributed by atoms with E-state index in [0.29, 0.717) is 12.1 Å². The molecular formula is C13H18N2O4S. The summed E-state index contributed by atoms with van der Waals surface area (Å²) < 4.78 is 26.2. The Labute approximate surface area is 118 Å². The number of sulfonamides is 1. The van der Waals surface area contributed by atoms with E-state index in [1.807, 2.05) is 0 Å². The molecule has 0 amide bonds. The van der Waals surface area contributed by atoms with Crippen LogP contribution in [0.2, 0.25) is 0 Å². The average Bonchev–Trinajstić information content (AvgIpc) is 2.36. The van der Waals surface area contributed by atoms with Gasteiger partial charge in [-0.3, -0.25) is 4.98 Å². The van der Waals surface area contributed by atoms with E-state index in [2.05, 4.69) is 4.98 Å². The Morgan fingerprint density at radius 2 is 2.10 bits per heavy atom. The van der Waals surface area contributed by atoms with E-state index in [4.69, 9.17) is 5.11 Å². The third-order valence-electron chi connectivity index (χ3n) is 2.65. The number of nitrogens with zero attached hydrogens (tertiary/aromatic N) is 2.